The van der Waals surface area contributed by atoms with Gasteiger partial charge in [-0.3, -0.25) is 18.9 Å². The molecule has 2 unspecified atom stereocenters. The van der Waals surface area contributed by atoms with E-state index in [1.165, 1.54) is 6.20 Å². The molecule has 0 aliphatic heterocycles. The van der Waals surface area contributed by atoms with Crippen LogP contribution in [0, 0.1) is 5.92 Å². The Balaban J connectivity index is 2.19. The van der Waals surface area contributed by atoms with Gasteiger partial charge in [0.2, 0.25) is 0 Å². The summed E-state index contributed by atoms with van der Waals surface area (Å²) in [7, 11) is -4.36. The molecule has 0 radical (unpaired) electrons. The fourth-order valence-electron chi connectivity index (χ4n) is 3.38. The van der Waals surface area contributed by atoms with Gasteiger partial charge >= 0.3 is 13.3 Å². The first kappa shape index (κ1) is 22.0. The number of aromatic amines is 1. The molecule has 0 bridgehead atoms. The smallest absolute Gasteiger partial charge is 0.359 e. The Bertz CT molecular complexity index is 840. The normalized spacial score (nSPS) is 28.9. The van der Waals surface area contributed by atoms with Gasteiger partial charge in [0.1, 0.15) is 6.10 Å². The van der Waals surface area contributed by atoms with Crippen LogP contribution < -0.4 is 11.2 Å². The van der Waals surface area contributed by atoms with E-state index in [0.717, 1.165) is 24.5 Å². The van der Waals surface area contributed by atoms with Gasteiger partial charge in [-0.25, -0.2) is 4.79 Å². The minimum absolute atomic E-state index is 0.0977. The van der Waals surface area contributed by atoms with Crippen LogP contribution in [0.3, 0.4) is 0 Å². The zero-order chi connectivity index (χ0) is 20.8. The molecule has 1 fully saturated rings. The van der Waals surface area contributed by atoms with Gasteiger partial charge in [-0.15, -0.1) is 0 Å². The second-order valence-corrected chi connectivity index (χ2v) is 10.4. The third kappa shape index (κ3) is 4.77. The fraction of sp³-hybridized carbons (Fsp3) is 0.750. The van der Waals surface area contributed by atoms with Crippen molar-refractivity contribution in [1.29, 1.82) is 0 Å². The van der Waals surface area contributed by atoms with E-state index >= 15 is 0 Å². The molecule has 1 aromatic rings. The van der Waals surface area contributed by atoms with Gasteiger partial charge in [0.05, 0.1) is 17.7 Å². The first-order valence-electron chi connectivity index (χ1n) is 8.58. The summed E-state index contributed by atoms with van der Waals surface area (Å²) in [5, 5.41) is 28.6. The molecule has 10 nitrogen and oxygen atoms in total. The van der Waals surface area contributed by atoms with E-state index in [-0.39, 0.29) is 12.8 Å². The SMILES string of the molecule is CC(C)(CC1C[C@@H](n2ccc(=O)[nH]c2=O)[C@H](O)[C@@H]1O)OP(=O)(O)C(C)(C)O. The summed E-state index contributed by atoms with van der Waals surface area (Å²) in [6, 6.07) is 0.382. The Morgan fingerprint density at radius 1 is 1.26 bits per heavy atom. The summed E-state index contributed by atoms with van der Waals surface area (Å²) in [5.74, 6) is -0.541. The molecule has 0 spiro atoms. The minimum Gasteiger partial charge on any atom is -0.390 e. The van der Waals surface area contributed by atoms with Gasteiger partial charge in [0.15, 0.2) is 5.34 Å². The van der Waals surface area contributed by atoms with Crippen LogP contribution in [0.1, 0.15) is 46.6 Å². The van der Waals surface area contributed by atoms with Crippen LogP contribution in [0.25, 0.3) is 0 Å². The third-order valence-corrected chi connectivity index (χ3v) is 6.92. The number of nitrogens with zero attached hydrogens (tertiary/aromatic N) is 1. The highest BCUT2D eigenvalue weighted by Gasteiger charge is 2.48. The zero-order valence-electron chi connectivity index (χ0n) is 15.7. The topological polar surface area (TPSA) is 162 Å². The highest BCUT2D eigenvalue weighted by molar-refractivity contribution is 7.54. The molecule has 154 valence electrons. The van der Waals surface area contributed by atoms with Crippen LogP contribution in [-0.4, -0.2) is 52.9 Å². The number of rotatable bonds is 6. The summed E-state index contributed by atoms with van der Waals surface area (Å²) in [4.78, 5) is 35.2. The molecular weight excluding hydrogens is 379 g/mol. The molecule has 1 aromatic heterocycles. The fourth-order valence-corrected chi connectivity index (χ4v) is 4.35. The van der Waals surface area contributed by atoms with E-state index in [1.54, 1.807) is 13.8 Å². The number of aliphatic hydroxyl groups is 3. The number of hydrogen-bond donors (Lipinski definition) is 5. The predicted molar refractivity (Wildman–Crippen MR) is 96.4 cm³/mol. The molecule has 0 amide bonds. The Labute approximate surface area is 156 Å². The molecule has 11 heteroatoms. The number of aromatic nitrogens is 2. The molecule has 2 rings (SSSR count). The second-order valence-electron chi connectivity index (χ2n) is 8.13. The summed E-state index contributed by atoms with van der Waals surface area (Å²) in [6.07, 6.45) is -0.913. The standard InChI is InChI=1S/C16H27N2O8P/c1-15(2,26-27(24,25)16(3,4)23)8-9-7-10(13(21)12(9)20)18-6-5-11(19)17-14(18)22/h5-6,9-10,12-13,20-21,23H,7-8H2,1-4H3,(H,24,25)(H,17,19,22)/t9?,10-,12-,13+/m1/s1. The average Bonchev–Trinajstić information content (AvgIpc) is 2.73. The van der Waals surface area contributed by atoms with Crippen molar-refractivity contribution in [3.8, 4) is 0 Å². The first-order valence-corrected chi connectivity index (χ1v) is 10.2. The van der Waals surface area contributed by atoms with E-state index in [1.807, 2.05) is 0 Å². The van der Waals surface area contributed by atoms with Gasteiger partial charge in [-0.05, 0) is 46.5 Å². The van der Waals surface area contributed by atoms with Gasteiger partial charge in [0, 0.05) is 12.3 Å². The van der Waals surface area contributed by atoms with Crippen molar-refractivity contribution in [2.45, 2.75) is 69.7 Å². The summed E-state index contributed by atoms with van der Waals surface area (Å²) in [6.45, 7) is 5.41. The lowest BCUT2D eigenvalue weighted by Gasteiger charge is -2.35. The summed E-state index contributed by atoms with van der Waals surface area (Å²) in [5.41, 5.74) is -2.46. The number of H-pyrrole nitrogens is 1. The van der Waals surface area contributed by atoms with Gasteiger partial charge in [-0.1, -0.05) is 0 Å². The van der Waals surface area contributed by atoms with Crippen molar-refractivity contribution in [2.24, 2.45) is 5.92 Å². The van der Waals surface area contributed by atoms with E-state index in [2.05, 4.69) is 4.98 Å². The lowest BCUT2D eigenvalue weighted by Crippen LogP contribution is -2.37. The Morgan fingerprint density at radius 3 is 2.37 bits per heavy atom. The highest BCUT2D eigenvalue weighted by Crippen LogP contribution is 2.57. The van der Waals surface area contributed by atoms with Crippen LogP contribution in [0.2, 0.25) is 0 Å². The summed E-state index contributed by atoms with van der Waals surface area (Å²) < 4.78 is 18.6. The molecule has 1 heterocycles. The van der Waals surface area contributed by atoms with Gasteiger partial charge in [0.25, 0.3) is 5.56 Å². The molecular formula is C16H27N2O8P. The van der Waals surface area contributed by atoms with Crippen LogP contribution in [0.4, 0.5) is 0 Å². The average molecular weight is 406 g/mol. The second kappa shape index (κ2) is 7.27. The number of aliphatic hydroxyl groups excluding tert-OH is 2. The van der Waals surface area contributed by atoms with E-state index < -0.39 is 54.0 Å². The first-order chi connectivity index (χ1) is 12.1. The molecule has 0 saturated heterocycles. The maximum Gasteiger partial charge on any atom is 0.359 e. The van der Waals surface area contributed by atoms with Gasteiger partial charge < -0.3 is 24.7 Å². The monoisotopic (exact) mass is 406 g/mol. The molecule has 5 N–H and O–H groups in total. The molecule has 0 aromatic carbocycles. The maximum atomic E-state index is 12.2. The van der Waals surface area contributed by atoms with Crippen molar-refractivity contribution in [2.75, 3.05) is 0 Å². The Kier molecular flexibility index (Phi) is 5.93. The lowest BCUT2D eigenvalue weighted by atomic mass is 9.91. The number of hydrogen-bond acceptors (Lipinski definition) is 7. The number of nitrogens with one attached hydrogen (secondary N) is 1. The minimum atomic E-state index is -4.36. The highest BCUT2D eigenvalue weighted by atomic mass is 31.2. The lowest BCUT2D eigenvalue weighted by molar-refractivity contribution is -0.0188. The molecule has 1 saturated carbocycles. The van der Waals surface area contributed by atoms with Crippen molar-refractivity contribution >= 4 is 7.60 Å². The van der Waals surface area contributed by atoms with E-state index in [0.29, 0.717) is 0 Å². The molecule has 1 aliphatic rings. The van der Waals surface area contributed by atoms with E-state index in [4.69, 9.17) is 4.52 Å². The molecule has 1 aliphatic carbocycles. The third-order valence-electron chi connectivity index (χ3n) is 4.80. The Hall–Kier alpha value is -1.29. The van der Waals surface area contributed by atoms with Crippen LogP contribution in [0.15, 0.2) is 21.9 Å². The molecule has 5 atom stereocenters. The predicted octanol–water partition coefficient (Wildman–Crippen LogP) is -0.0815. The van der Waals surface area contributed by atoms with Crippen LogP contribution >= 0.6 is 7.60 Å². The van der Waals surface area contributed by atoms with Crippen molar-refractivity contribution in [3.63, 3.8) is 0 Å². The molecule has 27 heavy (non-hydrogen) atoms. The maximum absolute atomic E-state index is 12.2. The van der Waals surface area contributed by atoms with Crippen molar-refractivity contribution in [3.05, 3.63) is 33.1 Å². The van der Waals surface area contributed by atoms with Crippen LogP contribution in [0.5, 0.6) is 0 Å². The van der Waals surface area contributed by atoms with Crippen LogP contribution in [-0.2, 0) is 9.09 Å². The van der Waals surface area contributed by atoms with E-state index in [9.17, 15) is 34.4 Å². The zero-order valence-corrected chi connectivity index (χ0v) is 16.6. The quantitative estimate of drug-likeness (QED) is 0.410. The largest absolute Gasteiger partial charge is 0.390 e. The summed E-state index contributed by atoms with van der Waals surface area (Å²) >= 11 is 0. The van der Waals surface area contributed by atoms with Crippen molar-refractivity contribution in [1.82, 2.24) is 9.55 Å². The van der Waals surface area contributed by atoms with Crippen molar-refractivity contribution < 1.29 is 29.3 Å². The Morgan fingerprint density at radius 2 is 1.85 bits per heavy atom. The van der Waals surface area contributed by atoms with Gasteiger partial charge in [-0.2, -0.15) is 0 Å².